The first-order chi connectivity index (χ1) is 11.6. The third-order valence-electron chi connectivity index (χ3n) is 3.00. The van der Waals surface area contributed by atoms with Crippen LogP contribution in [0, 0.1) is 5.82 Å². The summed E-state index contributed by atoms with van der Waals surface area (Å²) in [5.41, 5.74) is 0.842. The topological polar surface area (TPSA) is 56.5 Å². The molecule has 0 saturated carbocycles. The van der Waals surface area contributed by atoms with E-state index in [1.54, 1.807) is 42.4 Å². The lowest BCUT2D eigenvalue weighted by atomic mass is 10.3. The first kappa shape index (κ1) is 16.9. The second kappa shape index (κ2) is 7.76. The Labute approximate surface area is 148 Å². The number of thioether (sulfide) groups is 2. The van der Waals surface area contributed by atoms with Crippen molar-refractivity contribution in [2.24, 2.45) is 0 Å². The van der Waals surface area contributed by atoms with Crippen LogP contribution in [-0.2, 0) is 5.75 Å². The molecule has 3 rings (SSSR count). The van der Waals surface area contributed by atoms with Gasteiger partial charge in [0.1, 0.15) is 11.6 Å². The van der Waals surface area contributed by atoms with Crippen LogP contribution in [0.15, 0.2) is 53.0 Å². The molecular formula is C16H16FN5S2. The highest BCUT2D eigenvalue weighted by molar-refractivity contribution is 7.99. The number of aromatic nitrogens is 5. The second-order valence-electron chi connectivity index (χ2n) is 5.20. The van der Waals surface area contributed by atoms with E-state index in [1.807, 2.05) is 4.57 Å². The molecule has 0 aliphatic carbocycles. The number of benzene rings is 1. The Morgan fingerprint density at radius 2 is 1.79 bits per heavy atom. The zero-order chi connectivity index (χ0) is 16.9. The summed E-state index contributed by atoms with van der Waals surface area (Å²) in [6, 6.07) is 8.13. The third kappa shape index (κ3) is 4.12. The maximum Gasteiger partial charge on any atom is 0.196 e. The molecule has 8 heteroatoms. The van der Waals surface area contributed by atoms with Crippen LogP contribution in [0.4, 0.5) is 4.39 Å². The zero-order valence-electron chi connectivity index (χ0n) is 13.3. The largest absolute Gasteiger partial charge is 0.273 e. The van der Waals surface area contributed by atoms with E-state index in [2.05, 4.69) is 34.0 Å². The van der Waals surface area contributed by atoms with Crippen molar-refractivity contribution in [3.05, 3.63) is 54.4 Å². The van der Waals surface area contributed by atoms with Crippen LogP contribution in [0.25, 0.3) is 5.69 Å². The van der Waals surface area contributed by atoms with Gasteiger partial charge in [0, 0.05) is 23.3 Å². The summed E-state index contributed by atoms with van der Waals surface area (Å²) in [4.78, 5) is 8.41. The van der Waals surface area contributed by atoms with Crippen LogP contribution < -0.4 is 0 Å². The summed E-state index contributed by atoms with van der Waals surface area (Å²) >= 11 is 3.11. The highest BCUT2D eigenvalue weighted by atomic mass is 32.2. The van der Waals surface area contributed by atoms with Gasteiger partial charge >= 0.3 is 0 Å². The summed E-state index contributed by atoms with van der Waals surface area (Å²) in [5.74, 6) is 1.09. The Balaban J connectivity index is 1.90. The Bertz CT molecular complexity index is 790. The van der Waals surface area contributed by atoms with Crippen LogP contribution in [0.1, 0.15) is 19.7 Å². The second-order valence-corrected chi connectivity index (χ2v) is 7.68. The molecule has 3 aromatic rings. The Kier molecular flexibility index (Phi) is 5.47. The van der Waals surface area contributed by atoms with Gasteiger partial charge in [0.25, 0.3) is 0 Å². The summed E-state index contributed by atoms with van der Waals surface area (Å²) in [6.07, 6.45) is 3.42. The molecule has 2 aromatic heterocycles. The predicted molar refractivity (Wildman–Crippen MR) is 93.9 cm³/mol. The van der Waals surface area contributed by atoms with Crippen molar-refractivity contribution >= 4 is 23.5 Å². The summed E-state index contributed by atoms with van der Waals surface area (Å²) < 4.78 is 15.2. The molecule has 0 saturated heterocycles. The first-order valence-corrected chi connectivity index (χ1v) is 9.26. The van der Waals surface area contributed by atoms with Gasteiger partial charge in [-0.1, -0.05) is 37.4 Å². The molecule has 0 spiro atoms. The fourth-order valence-electron chi connectivity index (χ4n) is 2.02. The highest BCUT2D eigenvalue weighted by Gasteiger charge is 2.16. The third-order valence-corrected chi connectivity index (χ3v) is 4.82. The average Bonchev–Trinajstić information content (AvgIpc) is 2.96. The van der Waals surface area contributed by atoms with Crippen molar-refractivity contribution in [3.63, 3.8) is 0 Å². The van der Waals surface area contributed by atoms with Crippen LogP contribution in [0.2, 0.25) is 0 Å². The molecule has 124 valence electrons. The lowest BCUT2D eigenvalue weighted by Gasteiger charge is -2.11. The number of hydrogen-bond acceptors (Lipinski definition) is 6. The SMILES string of the molecule is CC(C)Sc1nnc(CSc2ncccn2)n1-c1ccc(F)cc1. The van der Waals surface area contributed by atoms with Crippen LogP contribution >= 0.6 is 23.5 Å². The minimum atomic E-state index is -0.265. The smallest absolute Gasteiger partial charge is 0.196 e. The van der Waals surface area contributed by atoms with Crippen LogP contribution in [0.5, 0.6) is 0 Å². The van der Waals surface area contributed by atoms with Crippen molar-refractivity contribution in [1.29, 1.82) is 0 Å². The fourth-order valence-corrected chi connectivity index (χ4v) is 3.56. The molecule has 24 heavy (non-hydrogen) atoms. The minimum absolute atomic E-state index is 0.265. The molecule has 0 atom stereocenters. The monoisotopic (exact) mass is 361 g/mol. The van der Waals surface area contributed by atoms with Crippen molar-refractivity contribution in [2.75, 3.05) is 0 Å². The van der Waals surface area contributed by atoms with E-state index in [1.165, 1.54) is 23.9 Å². The summed E-state index contributed by atoms with van der Waals surface area (Å²) in [5, 5.41) is 10.4. The van der Waals surface area contributed by atoms with E-state index in [0.29, 0.717) is 16.2 Å². The van der Waals surface area contributed by atoms with E-state index < -0.39 is 0 Å². The Morgan fingerprint density at radius 3 is 2.46 bits per heavy atom. The predicted octanol–water partition coefficient (Wildman–Crippen LogP) is 3.99. The van der Waals surface area contributed by atoms with Crippen molar-refractivity contribution < 1.29 is 4.39 Å². The fraction of sp³-hybridized carbons (Fsp3) is 0.250. The molecule has 0 bridgehead atoms. The lowest BCUT2D eigenvalue weighted by Crippen LogP contribution is -2.03. The van der Waals surface area contributed by atoms with Gasteiger partial charge in [-0.2, -0.15) is 0 Å². The van der Waals surface area contributed by atoms with E-state index in [0.717, 1.165) is 16.7 Å². The Hall–Kier alpha value is -1.93. The van der Waals surface area contributed by atoms with E-state index in [-0.39, 0.29) is 5.82 Å². The van der Waals surface area contributed by atoms with Crippen molar-refractivity contribution in [1.82, 2.24) is 24.7 Å². The van der Waals surface area contributed by atoms with Gasteiger partial charge < -0.3 is 0 Å². The van der Waals surface area contributed by atoms with Gasteiger partial charge in [-0.05, 0) is 30.3 Å². The molecule has 0 radical (unpaired) electrons. The van der Waals surface area contributed by atoms with Gasteiger partial charge in [0.05, 0.1) is 5.75 Å². The molecule has 2 heterocycles. The maximum absolute atomic E-state index is 13.2. The summed E-state index contributed by atoms with van der Waals surface area (Å²) in [6.45, 7) is 4.20. The zero-order valence-corrected chi connectivity index (χ0v) is 14.9. The maximum atomic E-state index is 13.2. The summed E-state index contributed by atoms with van der Waals surface area (Å²) in [7, 11) is 0. The quantitative estimate of drug-likeness (QED) is 0.489. The molecule has 5 nitrogen and oxygen atoms in total. The lowest BCUT2D eigenvalue weighted by molar-refractivity contribution is 0.627. The van der Waals surface area contributed by atoms with E-state index >= 15 is 0 Å². The molecule has 0 amide bonds. The number of nitrogens with zero attached hydrogens (tertiary/aromatic N) is 5. The molecule has 1 aromatic carbocycles. The van der Waals surface area contributed by atoms with Gasteiger partial charge in [-0.25, -0.2) is 14.4 Å². The van der Waals surface area contributed by atoms with Gasteiger partial charge in [-0.15, -0.1) is 10.2 Å². The van der Waals surface area contributed by atoms with Crippen LogP contribution in [0.3, 0.4) is 0 Å². The minimum Gasteiger partial charge on any atom is -0.273 e. The molecule has 0 N–H and O–H groups in total. The molecule has 0 unspecified atom stereocenters. The van der Waals surface area contributed by atoms with Crippen molar-refractivity contribution in [2.45, 2.75) is 35.2 Å². The molecule has 0 aliphatic rings. The number of halogens is 1. The average molecular weight is 361 g/mol. The van der Waals surface area contributed by atoms with Gasteiger partial charge in [-0.3, -0.25) is 4.57 Å². The van der Waals surface area contributed by atoms with E-state index in [9.17, 15) is 4.39 Å². The molecule has 0 aliphatic heterocycles. The van der Waals surface area contributed by atoms with Crippen LogP contribution in [-0.4, -0.2) is 30.0 Å². The highest BCUT2D eigenvalue weighted by Crippen LogP contribution is 2.28. The normalized spacial score (nSPS) is 11.2. The van der Waals surface area contributed by atoms with Crippen molar-refractivity contribution in [3.8, 4) is 5.69 Å². The van der Waals surface area contributed by atoms with Gasteiger partial charge in [0.2, 0.25) is 0 Å². The Morgan fingerprint density at radius 1 is 1.08 bits per heavy atom. The standard InChI is InChI=1S/C16H16FN5S2/c1-11(2)24-16-21-20-14(10-23-15-18-8-3-9-19-15)22(16)13-6-4-12(17)5-7-13/h3-9,11H,10H2,1-2H3. The molecular weight excluding hydrogens is 345 g/mol. The van der Waals surface area contributed by atoms with Gasteiger partial charge in [0.15, 0.2) is 10.3 Å². The number of rotatable bonds is 6. The molecule has 0 fully saturated rings. The van der Waals surface area contributed by atoms with E-state index in [4.69, 9.17) is 0 Å². The number of hydrogen-bond donors (Lipinski definition) is 0. The first-order valence-electron chi connectivity index (χ1n) is 7.40.